The standard InChI is InChI=1S/C11H12N4S/c1-2-9-5-12-6-10(9)3-8(1)4-13-11-15-14-7-16-11/h1-3,7,12H,4-6H2,(H,13,15). The Bertz CT molecular complexity index is 481. The van der Waals surface area contributed by atoms with E-state index in [1.165, 1.54) is 28.0 Å². The van der Waals surface area contributed by atoms with E-state index in [-0.39, 0.29) is 0 Å². The fourth-order valence-electron chi connectivity index (χ4n) is 1.89. The smallest absolute Gasteiger partial charge is 0.205 e. The number of aromatic nitrogens is 2. The molecule has 0 saturated heterocycles. The van der Waals surface area contributed by atoms with E-state index < -0.39 is 0 Å². The van der Waals surface area contributed by atoms with Crippen molar-refractivity contribution in [3.05, 3.63) is 40.4 Å². The van der Waals surface area contributed by atoms with Gasteiger partial charge in [-0.05, 0) is 16.7 Å². The highest BCUT2D eigenvalue weighted by atomic mass is 32.1. The number of benzene rings is 1. The van der Waals surface area contributed by atoms with Gasteiger partial charge in [0, 0.05) is 19.6 Å². The van der Waals surface area contributed by atoms with Gasteiger partial charge in [0.1, 0.15) is 5.51 Å². The third kappa shape index (κ3) is 1.91. The molecule has 4 nitrogen and oxygen atoms in total. The summed E-state index contributed by atoms with van der Waals surface area (Å²) >= 11 is 1.52. The Hall–Kier alpha value is -1.46. The summed E-state index contributed by atoms with van der Waals surface area (Å²) in [6, 6.07) is 6.62. The predicted molar refractivity (Wildman–Crippen MR) is 64.2 cm³/mol. The zero-order chi connectivity index (χ0) is 10.8. The summed E-state index contributed by atoms with van der Waals surface area (Å²) in [4.78, 5) is 0. The summed E-state index contributed by atoms with van der Waals surface area (Å²) in [6.45, 7) is 2.80. The lowest BCUT2D eigenvalue weighted by Crippen LogP contribution is -2.00. The van der Waals surface area contributed by atoms with E-state index >= 15 is 0 Å². The van der Waals surface area contributed by atoms with E-state index in [1.54, 1.807) is 5.51 Å². The molecule has 1 aromatic heterocycles. The minimum atomic E-state index is 0.808. The van der Waals surface area contributed by atoms with Crippen LogP contribution in [0.4, 0.5) is 5.13 Å². The Morgan fingerprint density at radius 3 is 3.12 bits per heavy atom. The van der Waals surface area contributed by atoms with Crippen LogP contribution in [0.15, 0.2) is 23.7 Å². The lowest BCUT2D eigenvalue weighted by molar-refractivity contribution is 0.764. The molecule has 0 aliphatic carbocycles. The third-order valence-electron chi connectivity index (χ3n) is 2.71. The highest BCUT2D eigenvalue weighted by Crippen LogP contribution is 2.18. The maximum atomic E-state index is 3.95. The normalized spacial score (nSPS) is 13.8. The summed E-state index contributed by atoms with van der Waals surface area (Å²) in [7, 11) is 0. The molecule has 1 aliphatic rings. The molecule has 5 heteroatoms. The first kappa shape index (κ1) is 9.74. The molecule has 3 rings (SSSR count). The van der Waals surface area contributed by atoms with Gasteiger partial charge in [0.25, 0.3) is 0 Å². The number of hydrogen-bond donors (Lipinski definition) is 2. The topological polar surface area (TPSA) is 49.8 Å². The Kier molecular flexibility index (Phi) is 2.55. The molecular weight excluding hydrogens is 220 g/mol. The van der Waals surface area contributed by atoms with Crippen LogP contribution in [0.2, 0.25) is 0 Å². The van der Waals surface area contributed by atoms with E-state index in [4.69, 9.17) is 0 Å². The second-order valence-corrected chi connectivity index (χ2v) is 4.64. The van der Waals surface area contributed by atoms with Gasteiger partial charge in [-0.3, -0.25) is 0 Å². The number of nitrogens with one attached hydrogen (secondary N) is 2. The molecule has 0 radical (unpaired) electrons. The van der Waals surface area contributed by atoms with Crippen molar-refractivity contribution >= 4 is 16.5 Å². The quantitative estimate of drug-likeness (QED) is 0.846. The van der Waals surface area contributed by atoms with Crippen LogP contribution in [0.25, 0.3) is 0 Å². The minimum absolute atomic E-state index is 0.808. The van der Waals surface area contributed by atoms with Crippen molar-refractivity contribution in [1.82, 2.24) is 15.5 Å². The van der Waals surface area contributed by atoms with Crippen molar-refractivity contribution in [2.75, 3.05) is 5.32 Å². The summed E-state index contributed by atoms with van der Waals surface area (Å²) in [6.07, 6.45) is 0. The SMILES string of the molecule is c1nnc(NCc2ccc3c(c2)CNC3)s1. The highest BCUT2D eigenvalue weighted by molar-refractivity contribution is 7.13. The van der Waals surface area contributed by atoms with Gasteiger partial charge in [-0.2, -0.15) is 0 Å². The number of anilines is 1. The fraction of sp³-hybridized carbons (Fsp3) is 0.273. The van der Waals surface area contributed by atoms with Crippen LogP contribution in [-0.2, 0) is 19.6 Å². The Morgan fingerprint density at radius 2 is 2.25 bits per heavy atom. The van der Waals surface area contributed by atoms with Crippen LogP contribution in [0.3, 0.4) is 0 Å². The van der Waals surface area contributed by atoms with E-state index in [0.29, 0.717) is 0 Å². The van der Waals surface area contributed by atoms with Gasteiger partial charge in [0.05, 0.1) is 0 Å². The average Bonchev–Trinajstić information content (AvgIpc) is 2.97. The van der Waals surface area contributed by atoms with E-state index in [0.717, 1.165) is 24.8 Å². The van der Waals surface area contributed by atoms with Gasteiger partial charge in [-0.25, -0.2) is 0 Å². The van der Waals surface area contributed by atoms with Gasteiger partial charge >= 0.3 is 0 Å². The molecule has 82 valence electrons. The largest absolute Gasteiger partial charge is 0.356 e. The van der Waals surface area contributed by atoms with Crippen molar-refractivity contribution in [3.8, 4) is 0 Å². The number of hydrogen-bond acceptors (Lipinski definition) is 5. The maximum Gasteiger partial charge on any atom is 0.205 e. The second-order valence-electron chi connectivity index (χ2n) is 3.80. The summed E-state index contributed by atoms with van der Waals surface area (Å²) in [5.74, 6) is 0. The van der Waals surface area contributed by atoms with Crippen LogP contribution in [0.1, 0.15) is 16.7 Å². The molecule has 0 saturated carbocycles. The van der Waals surface area contributed by atoms with Crippen LogP contribution >= 0.6 is 11.3 Å². The van der Waals surface area contributed by atoms with Gasteiger partial charge < -0.3 is 10.6 Å². The van der Waals surface area contributed by atoms with E-state index in [1.807, 2.05) is 0 Å². The molecule has 2 heterocycles. The molecule has 1 aromatic carbocycles. The molecular formula is C11H12N4S. The average molecular weight is 232 g/mol. The number of nitrogens with zero attached hydrogens (tertiary/aromatic N) is 2. The molecule has 0 fully saturated rings. The van der Waals surface area contributed by atoms with Crippen LogP contribution < -0.4 is 10.6 Å². The molecule has 16 heavy (non-hydrogen) atoms. The lowest BCUT2D eigenvalue weighted by atomic mass is 10.1. The molecule has 0 amide bonds. The van der Waals surface area contributed by atoms with Crippen molar-refractivity contribution in [2.24, 2.45) is 0 Å². The lowest BCUT2D eigenvalue weighted by Gasteiger charge is -2.04. The fourth-order valence-corrected chi connectivity index (χ4v) is 2.33. The minimum Gasteiger partial charge on any atom is -0.356 e. The van der Waals surface area contributed by atoms with Gasteiger partial charge in [-0.1, -0.05) is 29.5 Å². The van der Waals surface area contributed by atoms with Crippen LogP contribution in [0.5, 0.6) is 0 Å². The summed E-state index contributed by atoms with van der Waals surface area (Å²) < 4.78 is 0. The van der Waals surface area contributed by atoms with E-state index in [2.05, 4.69) is 39.0 Å². The molecule has 0 bridgehead atoms. The van der Waals surface area contributed by atoms with E-state index in [9.17, 15) is 0 Å². The first-order chi connectivity index (χ1) is 7.92. The predicted octanol–water partition coefficient (Wildman–Crippen LogP) is 1.75. The van der Waals surface area contributed by atoms with Crippen molar-refractivity contribution < 1.29 is 0 Å². The van der Waals surface area contributed by atoms with Crippen molar-refractivity contribution in [1.29, 1.82) is 0 Å². The third-order valence-corrected chi connectivity index (χ3v) is 3.35. The van der Waals surface area contributed by atoms with Gasteiger partial charge in [0.15, 0.2) is 0 Å². The zero-order valence-corrected chi connectivity index (χ0v) is 9.55. The Labute approximate surface area is 97.7 Å². The Morgan fingerprint density at radius 1 is 1.31 bits per heavy atom. The number of fused-ring (bicyclic) bond motifs is 1. The van der Waals surface area contributed by atoms with Crippen molar-refractivity contribution in [2.45, 2.75) is 19.6 Å². The molecule has 2 N–H and O–H groups in total. The summed E-state index contributed by atoms with van der Waals surface area (Å²) in [5, 5.41) is 15.2. The molecule has 2 aromatic rings. The highest BCUT2D eigenvalue weighted by Gasteiger charge is 2.09. The van der Waals surface area contributed by atoms with Gasteiger partial charge in [-0.15, -0.1) is 10.2 Å². The zero-order valence-electron chi connectivity index (χ0n) is 8.73. The maximum absolute atomic E-state index is 3.95. The molecule has 0 atom stereocenters. The van der Waals surface area contributed by atoms with Gasteiger partial charge in [0.2, 0.25) is 5.13 Å². The first-order valence-electron chi connectivity index (χ1n) is 5.23. The molecule has 0 spiro atoms. The second kappa shape index (κ2) is 4.19. The molecule has 1 aliphatic heterocycles. The van der Waals surface area contributed by atoms with Crippen LogP contribution in [-0.4, -0.2) is 10.2 Å². The summed E-state index contributed by atoms with van der Waals surface area (Å²) in [5.41, 5.74) is 5.85. The van der Waals surface area contributed by atoms with Crippen LogP contribution in [0, 0.1) is 0 Å². The Balaban J connectivity index is 1.71. The monoisotopic (exact) mass is 232 g/mol. The first-order valence-corrected chi connectivity index (χ1v) is 6.11. The number of rotatable bonds is 3. The van der Waals surface area contributed by atoms with Crippen molar-refractivity contribution in [3.63, 3.8) is 0 Å². The molecule has 0 unspecified atom stereocenters.